The van der Waals surface area contributed by atoms with Crippen LogP contribution in [0.2, 0.25) is 0 Å². The van der Waals surface area contributed by atoms with E-state index in [0.717, 1.165) is 16.8 Å². The Balaban J connectivity index is 2.13. The highest BCUT2D eigenvalue weighted by atomic mass is 16.2. The van der Waals surface area contributed by atoms with Crippen molar-refractivity contribution < 1.29 is 9.59 Å². The van der Waals surface area contributed by atoms with E-state index in [1.54, 1.807) is 0 Å². The maximum atomic E-state index is 11.1. The number of carbonyl (C=O) groups excluding carboxylic acids is 2. The lowest BCUT2D eigenvalue weighted by Crippen LogP contribution is -2.11. The lowest BCUT2D eigenvalue weighted by Gasteiger charge is -2.02. The molecule has 0 unspecified atom stereocenters. The van der Waals surface area contributed by atoms with Crippen LogP contribution >= 0.6 is 0 Å². The Kier molecular flexibility index (Phi) is 2.41. The molecular formula is C11H12N2O2. The molecule has 2 amide bonds. The van der Waals surface area contributed by atoms with Crippen molar-refractivity contribution >= 4 is 17.5 Å². The summed E-state index contributed by atoms with van der Waals surface area (Å²) in [6.07, 6.45) is 1.41. The Morgan fingerprint density at radius 2 is 2.27 bits per heavy atom. The second kappa shape index (κ2) is 3.73. The van der Waals surface area contributed by atoms with E-state index in [-0.39, 0.29) is 11.8 Å². The number of primary amides is 1. The molecule has 1 aliphatic rings. The molecule has 0 aliphatic carbocycles. The lowest BCUT2D eigenvalue weighted by atomic mass is 10.0. The van der Waals surface area contributed by atoms with Crippen LogP contribution in [-0.2, 0) is 22.4 Å². The summed E-state index contributed by atoms with van der Waals surface area (Å²) in [5, 5.41) is 2.76. The van der Waals surface area contributed by atoms with Crippen molar-refractivity contribution in [1.82, 2.24) is 0 Å². The van der Waals surface area contributed by atoms with Crippen molar-refractivity contribution in [3.8, 4) is 0 Å². The van der Waals surface area contributed by atoms with Gasteiger partial charge in [0.05, 0.1) is 6.42 Å². The topological polar surface area (TPSA) is 72.2 Å². The first-order chi connectivity index (χ1) is 7.15. The van der Waals surface area contributed by atoms with Crippen LogP contribution in [0.5, 0.6) is 0 Å². The number of benzene rings is 1. The highest BCUT2D eigenvalue weighted by molar-refractivity contribution is 5.99. The molecule has 15 heavy (non-hydrogen) atoms. The minimum absolute atomic E-state index is 0.0250. The van der Waals surface area contributed by atoms with Gasteiger partial charge in [-0.3, -0.25) is 9.59 Å². The van der Waals surface area contributed by atoms with Crippen LogP contribution < -0.4 is 11.1 Å². The summed E-state index contributed by atoms with van der Waals surface area (Å²) < 4.78 is 0. The van der Waals surface area contributed by atoms with E-state index in [9.17, 15) is 9.59 Å². The number of hydrogen-bond donors (Lipinski definition) is 2. The van der Waals surface area contributed by atoms with Crippen molar-refractivity contribution in [1.29, 1.82) is 0 Å². The van der Waals surface area contributed by atoms with Gasteiger partial charge in [0, 0.05) is 12.1 Å². The average Bonchev–Trinajstić information content (AvgIpc) is 2.53. The number of rotatable bonds is 3. The Morgan fingerprint density at radius 3 is 3.00 bits per heavy atom. The van der Waals surface area contributed by atoms with E-state index in [2.05, 4.69) is 5.32 Å². The van der Waals surface area contributed by atoms with Gasteiger partial charge in [0.1, 0.15) is 0 Å². The largest absolute Gasteiger partial charge is 0.370 e. The summed E-state index contributed by atoms with van der Waals surface area (Å²) in [6, 6.07) is 5.74. The highest BCUT2D eigenvalue weighted by Crippen LogP contribution is 2.24. The van der Waals surface area contributed by atoms with E-state index in [4.69, 9.17) is 5.73 Å². The summed E-state index contributed by atoms with van der Waals surface area (Å²) in [7, 11) is 0. The molecule has 0 saturated heterocycles. The van der Waals surface area contributed by atoms with Crippen LogP contribution in [0.25, 0.3) is 0 Å². The van der Waals surface area contributed by atoms with Crippen LogP contribution in [0.3, 0.4) is 0 Å². The number of nitrogens with one attached hydrogen (secondary N) is 1. The number of carbonyl (C=O) groups is 2. The molecule has 0 radical (unpaired) electrons. The first-order valence-electron chi connectivity index (χ1n) is 4.85. The molecule has 1 aliphatic heterocycles. The third-order valence-electron chi connectivity index (χ3n) is 2.45. The quantitative estimate of drug-likeness (QED) is 0.756. The van der Waals surface area contributed by atoms with E-state index in [1.807, 2.05) is 18.2 Å². The number of fused-ring (bicyclic) bond motifs is 1. The van der Waals surface area contributed by atoms with Gasteiger partial charge >= 0.3 is 0 Å². The molecule has 1 aromatic rings. The van der Waals surface area contributed by atoms with Gasteiger partial charge in [-0.25, -0.2) is 0 Å². The lowest BCUT2D eigenvalue weighted by molar-refractivity contribution is -0.118. The highest BCUT2D eigenvalue weighted by Gasteiger charge is 2.17. The maximum absolute atomic E-state index is 11.1. The fraction of sp³-hybridized carbons (Fsp3) is 0.273. The van der Waals surface area contributed by atoms with E-state index in [0.29, 0.717) is 19.3 Å². The van der Waals surface area contributed by atoms with Gasteiger partial charge in [0.2, 0.25) is 11.8 Å². The summed E-state index contributed by atoms with van der Waals surface area (Å²) >= 11 is 0. The molecule has 4 nitrogen and oxygen atoms in total. The molecule has 0 atom stereocenters. The second-order valence-corrected chi connectivity index (χ2v) is 3.68. The van der Waals surface area contributed by atoms with Crippen molar-refractivity contribution in [2.45, 2.75) is 19.3 Å². The average molecular weight is 204 g/mol. The zero-order valence-corrected chi connectivity index (χ0v) is 8.25. The van der Waals surface area contributed by atoms with Gasteiger partial charge in [-0.1, -0.05) is 12.1 Å². The Labute approximate surface area is 87.5 Å². The van der Waals surface area contributed by atoms with Crippen LogP contribution in [0, 0.1) is 0 Å². The van der Waals surface area contributed by atoms with Crippen LogP contribution in [0.1, 0.15) is 17.5 Å². The monoisotopic (exact) mass is 204 g/mol. The van der Waals surface area contributed by atoms with Crippen LogP contribution in [-0.4, -0.2) is 11.8 Å². The summed E-state index contributed by atoms with van der Waals surface area (Å²) in [4.78, 5) is 21.7. The molecule has 1 aromatic carbocycles. The standard InChI is InChI=1S/C11H12N2O2/c12-10(14)4-2-7-1-3-9-8(5-7)6-11(15)13-9/h1,3,5H,2,4,6H2,(H2,12,14)(H,13,15). The molecule has 1 heterocycles. The number of amides is 2. The zero-order valence-electron chi connectivity index (χ0n) is 8.25. The summed E-state index contributed by atoms with van der Waals surface area (Å²) in [5.74, 6) is -0.276. The third-order valence-corrected chi connectivity index (χ3v) is 2.45. The van der Waals surface area contributed by atoms with Crippen LogP contribution in [0.15, 0.2) is 18.2 Å². The van der Waals surface area contributed by atoms with Gasteiger partial charge in [-0.05, 0) is 23.6 Å². The van der Waals surface area contributed by atoms with Crippen molar-refractivity contribution in [3.63, 3.8) is 0 Å². The number of nitrogens with two attached hydrogens (primary N) is 1. The van der Waals surface area contributed by atoms with E-state index in [1.165, 1.54) is 0 Å². The Hall–Kier alpha value is -1.84. The van der Waals surface area contributed by atoms with Gasteiger partial charge < -0.3 is 11.1 Å². The normalized spacial score (nSPS) is 13.5. The van der Waals surface area contributed by atoms with Crippen molar-refractivity contribution in [2.75, 3.05) is 5.32 Å². The predicted molar refractivity (Wildman–Crippen MR) is 56.3 cm³/mol. The van der Waals surface area contributed by atoms with Gasteiger partial charge in [0.25, 0.3) is 0 Å². The smallest absolute Gasteiger partial charge is 0.228 e. The Morgan fingerprint density at radius 1 is 1.47 bits per heavy atom. The molecular weight excluding hydrogens is 192 g/mol. The first kappa shape index (κ1) is 9.71. The van der Waals surface area contributed by atoms with Crippen molar-refractivity contribution in [2.24, 2.45) is 5.73 Å². The van der Waals surface area contributed by atoms with E-state index < -0.39 is 0 Å². The van der Waals surface area contributed by atoms with E-state index >= 15 is 0 Å². The van der Waals surface area contributed by atoms with Gasteiger partial charge in [0.15, 0.2) is 0 Å². The number of anilines is 1. The van der Waals surface area contributed by atoms with Gasteiger partial charge in [-0.15, -0.1) is 0 Å². The van der Waals surface area contributed by atoms with Crippen LogP contribution in [0.4, 0.5) is 5.69 Å². The number of hydrogen-bond acceptors (Lipinski definition) is 2. The molecule has 3 N–H and O–H groups in total. The molecule has 4 heteroatoms. The predicted octanol–water partition coefficient (Wildman–Crippen LogP) is 0.599. The fourth-order valence-electron chi connectivity index (χ4n) is 1.71. The maximum Gasteiger partial charge on any atom is 0.228 e. The van der Waals surface area contributed by atoms with Gasteiger partial charge in [-0.2, -0.15) is 0 Å². The zero-order chi connectivity index (χ0) is 10.8. The molecule has 0 fully saturated rings. The number of aryl methyl sites for hydroxylation is 1. The van der Waals surface area contributed by atoms with Crippen molar-refractivity contribution in [3.05, 3.63) is 29.3 Å². The third kappa shape index (κ3) is 2.15. The molecule has 2 rings (SSSR count). The summed E-state index contributed by atoms with van der Waals surface area (Å²) in [5.41, 5.74) is 7.99. The Bertz CT molecular complexity index is 427. The SMILES string of the molecule is NC(=O)CCc1ccc2c(c1)CC(=O)N2. The molecule has 0 saturated carbocycles. The second-order valence-electron chi connectivity index (χ2n) is 3.68. The molecule has 0 bridgehead atoms. The fourth-order valence-corrected chi connectivity index (χ4v) is 1.71. The minimum atomic E-state index is -0.301. The molecule has 0 aromatic heterocycles. The minimum Gasteiger partial charge on any atom is -0.370 e. The summed E-state index contributed by atoms with van der Waals surface area (Å²) in [6.45, 7) is 0. The molecule has 78 valence electrons. The molecule has 0 spiro atoms. The first-order valence-corrected chi connectivity index (χ1v) is 4.85.